The van der Waals surface area contributed by atoms with Crippen LogP contribution in [0, 0.1) is 5.92 Å². The summed E-state index contributed by atoms with van der Waals surface area (Å²) in [4.78, 5) is 22.8. The second-order valence-electron chi connectivity index (χ2n) is 5.21. The standard InChI is InChI=1S/C15H20ClNO3/c1-10(2)9-13(15(19)20)17-14(18)8-5-11-3-6-12(16)7-4-11/h3-4,6-7,10,13H,5,8-9H2,1-2H3,(H,17,18)(H,19,20). The summed E-state index contributed by atoms with van der Waals surface area (Å²) in [7, 11) is 0. The zero-order valence-corrected chi connectivity index (χ0v) is 12.5. The zero-order chi connectivity index (χ0) is 15.1. The van der Waals surface area contributed by atoms with Crippen LogP contribution in [0.5, 0.6) is 0 Å². The van der Waals surface area contributed by atoms with Crippen molar-refractivity contribution in [1.29, 1.82) is 0 Å². The summed E-state index contributed by atoms with van der Waals surface area (Å²) in [6.45, 7) is 3.85. The van der Waals surface area contributed by atoms with Crippen molar-refractivity contribution >= 4 is 23.5 Å². The van der Waals surface area contributed by atoms with Crippen LogP contribution in [0.15, 0.2) is 24.3 Å². The number of halogens is 1. The number of rotatable bonds is 7. The summed E-state index contributed by atoms with van der Waals surface area (Å²) in [6, 6.07) is 6.45. The number of carboxylic acid groups (broad SMARTS) is 1. The van der Waals surface area contributed by atoms with Gasteiger partial charge in [0.15, 0.2) is 0 Å². The topological polar surface area (TPSA) is 66.4 Å². The fourth-order valence-corrected chi connectivity index (χ4v) is 1.99. The summed E-state index contributed by atoms with van der Waals surface area (Å²) in [5.41, 5.74) is 1.00. The Bertz CT molecular complexity index is 457. The van der Waals surface area contributed by atoms with Crippen LogP contribution in [0.1, 0.15) is 32.3 Å². The highest BCUT2D eigenvalue weighted by Gasteiger charge is 2.20. The number of aliphatic carboxylic acids is 1. The third kappa shape index (κ3) is 6.06. The Morgan fingerprint density at radius 3 is 2.35 bits per heavy atom. The molecule has 0 heterocycles. The molecule has 0 radical (unpaired) electrons. The maximum atomic E-state index is 11.8. The summed E-state index contributed by atoms with van der Waals surface area (Å²) in [5, 5.41) is 12.3. The van der Waals surface area contributed by atoms with Gasteiger partial charge >= 0.3 is 5.97 Å². The van der Waals surface area contributed by atoms with Gasteiger partial charge in [0.05, 0.1) is 0 Å². The minimum Gasteiger partial charge on any atom is -0.480 e. The SMILES string of the molecule is CC(C)CC(NC(=O)CCc1ccc(Cl)cc1)C(=O)O. The van der Waals surface area contributed by atoms with Gasteiger partial charge < -0.3 is 10.4 Å². The number of hydrogen-bond donors (Lipinski definition) is 2. The van der Waals surface area contributed by atoms with Crippen molar-refractivity contribution in [2.24, 2.45) is 5.92 Å². The Kier molecular flexibility index (Phi) is 6.52. The predicted octanol–water partition coefficient (Wildman–Crippen LogP) is 2.89. The highest BCUT2D eigenvalue weighted by Crippen LogP contribution is 2.11. The lowest BCUT2D eigenvalue weighted by atomic mass is 10.0. The fourth-order valence-electron chi connectivity index (χ4n) is 1.87. The van der Waals surface area contributed by atoms with Crippen molar-refractivity contribution in [2.75, 3.05) is 0 Å². The molecular weight excluding hydrogens is 278 g/mol. The molecule has 1 aromatic rings. The lowest BCUT2D eigenvalue weighted by molar-refractivity contribution is -0.142. The first kappa shape index (κ1) is 16.5. The van der Waals surface area contributed by atoms with Gasteiger partial charge in [-0.15, -0.1) is 0 Å². The molecule has 1 unspecified atom stereocenters. The van der Waals surface area contributed by atoms with E-state index in [1.165, 1.54) is 0 Å². The molecule has 1 atom stereocenters. The monoisotopic (exact) mass is 297 g/mol. The van der Waals surface area contributed by atoms with Gasteiger partial charge in [-0.1, -0.05) is 37.6 Å². The quantitative estimate of drug-likeness (QED) is 0.813. The first-order valence-corrected chi connectivity index (χ1v) is 7.03. The van der Waals surface area contributed by atoms with E-state index in [4.69, 9.17) is 16.7 Å². The second-order valence-corrected chi connectivity index (χ2v) is 5.65. The molecule has 1 amide bonds. The van der Waals surface area contributed by atoms with Crippen molar-refractivity contribution in [3.63, 3.8) is 0 Å². The Labute approximate surface area is 124 Å². The van der Waals surface area contributed by atoms with E-state index in [0.717, 1.165) is 5.56 Å². The van der Waals surface area contributed by atoms with Crippen molar-refractivity contribution in [3.05, 3.63) is 34.9 Å². The molecule has 20 heavy (non-hydrogen) atoms. The third-order valence-corrected chi connectivity index (χ3v) is 3.15. The molecule has 0 aliphatic heterocycles. The molecule has 5 heteroatoms. The molecule has 2 N–H and O–H groups in total. The number of carboxylic acids is 1. The van der Waals surface area contributed by atoms with Crippen molar-refractivity contribution in [2.45, 2.75) is 39.2 Å². The van der Waals surface area contributed by atoms with Crippen LogP contribution in [0.3, 0.4) is 0 Å². The lowest BCUT2D eigenvalue weighted by Gasteiger charge is -2.16. The van der Waals surface area contributed by atoms with Crippen LogP contribution in [0.4, 0.5) is 0 Å². The smallest absolute Gasteiger partial charge is 0.326 e. The molecule has 110 valence electrons. The van der Waals surface area contributed by atoms with Crippen LogP contribution in [0.2, 0.25) is 5.02 Å². The van der Waals surface area contributed by atoms with E-state index >= 15 is 0 Å². The predicted molar refractivity (Wildman–Crippen MR) is 78.8 cm³/mol. The van der Waals surface area contributed by atoms with Crippen LogP contribution in [0.25, 0.3) is 0 Å². The van der Waals surface area contributed by atoms with E-state index in [1.807, 2.05) is 26.0 Å². The van der Waals surface area contributed by atoms with Gasteiger partial charge in [0, 0.05) is 11.4 Å². The van der Waals surface area contributed by atoms with Crippen LogP contribution in [-0.4, -0.2) is 23.0 Å². The summed E-state index contributed by atoms with van der Waals surface area (Å²) in [6.07, 6.45) is 1.27. The van der Waals surface area contributed by atoms with Gasteiger partial charge in [0.25, 0.3) is 0 Å². The van der Waals surface area contributed by atoms with Crippen molar-refractivity contribution in [3.8, 4) is 0 Å². The second kappa shape index (κ2) is 7.90. The first-order valence-electron chi connectivity index (χ1n) is 6.65. The maximum Gasteiger partial charge on any atom is 0.326 e. The van der Waals surface area contributed by atoms with Gasteiger partial charge in [-0.2, -0.15) is 0 Å². The summed E-state index contributed by atoms with van der Waals surface area (Å²) < 4.78 is 0. The van der Waals surface area contributed by atoms with Gasteiger partial charge in [0.1, 0.15) is 6.04 Å². The fraction of sp³-hybridized carbons (Fsp3) is 0.467. The number of amides is 1. The Morgan fingerprint density at radius 2 is 1.85 bits per heavy atom. The van der Waals surface area contributed by atoms with E-state index in [2.05, 4.69) is 5.32 Å². The molecule has 0 fully saturated rings. The Hall–Kier alpha value is -1.55. The molecule has 4 nitrogen and oxygen atoms in total. The molecule has 0 spiro atoms. The molecule has 0 aromatic heterocycles. The highest BCUT2D eigenvalue weighted by molar-refractivity contribution is 6.30. The van der Waals surface area contributed by atoms with E-state index in [1.54, 1.807) is 12.1 Å². The molecule has 0 saturated carbocycles. The van der Waals surface area contributed by atoms with E-state index in [-0.39, 0.29) is 18.2 Å². The average Bonchev–Trinajstić information content (AvgIpc) is 2.36. The minimum absolute atomic E-state index is 0.215. The van der Waals surface area contributed by atoms with Crippen molar-refractivity contribution < 1.29 is 14.7 Å². The van der Waals surface area contributed by atoms with E-state index < -0.39 is 12.0 Å². The molecule has 1 rings (SSSR count). The number of carbonyl (C=O) groups is 2. The normalized spacial score (nSPS) is 12.2. The van der Waals surface area contributed by atoms with Crippen LogP contribution in [-0.2, 0) is 16.0 Å². The zero-order valence-electron chi connectivity index (χ0n) is 11.7. The van der Waals surface area contributed by atoms with E-state index in [9.17, 15) is 9.59 Å². The summed E-state index contributed by atoms with van der Waals surface area (Å²) in [5.74, 6) is -1.01. The average molecular weight is 298 g/mol. The Morgan fingerprint density at radius 1 is 1.25 bits per heavy atom. The number of hydrogen-bond acceptors (Lipinski definition) is 2. The number of carbonyl (C=O) groups excluding carboxylic acids is 1. The number of benzene rings is 1. The molecule has 0 bridgehead atoms. The minimum atomic E-state index is -0.987. The van der Waals surface area contributed by atoms with Gasteiger partial charge in [-0.3, -0.25) is 4.79 Å². The van der Waals surface area contributed by atoms with Gasteiger partial charge in [-0.05, 0) is 36.5 Å². The Balaban J connectivity index is 2.45. The highest BCUT2D eigenvalue weighted by atomic mass is 35.5. The van der Waals surface area contributed by atoms with Crippen LogP contribution >= 0.6 is 11.6 Å². The molecule has 1 aromatic carbocycles. The largest absolute Gasteiger partial charge is 0.480 e. The number of nitrogens with one attached hydrogen (secondary N) is 1. The van der Waals surface area contributed by atoms with Crippen molar-refractivity contribution in [1.82, 2.24) is 5.32 Å². The van der Waals surface area contributed by atoms with Gasteiger partial charge in [-0.25, -0.2) is 4.79 Å². The molecular formula is C15H20ClNO3. The maximum absolute atomic E-state index is 11.8. The van der Waals surface area contributed by atoms with E-state index in [0.29, 0.717) is 17.9 Å². The van der Waals surface area contributed by atoms with Crippen LogP contribution < -0.4 is 5.32 Å². The number of aryl methyl sites for hydroxylation is 1. The first-order chi connectivity index (χ1) is 9.38. The molecule has 0 saturated heterocycles. The lowest BCUT2D eigenvalue weighted by Crippen LogP contribution is -2.41. The molecule has 0 aliphatic carbocycles. The molecule has 0 aliphatic rings. The van der Waals surface area contributed by atoms with Gasteiger partial charge in [0.2, 0.25) is 5.91 Å². The summed E-state index contributed by atoms with van der Waals surface area (Å²) >= 11 is 5.78. The third-order valence-electron chi connectivity index (χ3n) is 2.89.